The molecule has 4 nitrogen and oxygen atoms in total. The van der Waals surface area contributed by atoms with Gasteiger partial charge < -0.3 is 10.5 Å². The Hall–Kier alpha value is -1.42. The summed E-state index contributed by atoms with van der Waals surface area (Å²) in [5, 5.41) is 0. The molecule has 0 fully saturated rings. The first-order valence-corrected chi connectivity index (χ1v) is 4.09. The van der Waals surface area contributed by atoms with Crippen LogP contribution in [0.4, 0.5) is 11.4 Å². The van der Waals surface area contributed by atoms with E-state index in [0.717, 1.165) is 5.69 Å². The molecule has 0 unspecified atom stereocenters. The molecule has 0 atom stereocenters. The van der Waals surface area contributed by atoms with Crippen LogP contribution in [0.5, 0.6) is 5.75 Å². The quantitative estimate of drug-likeness (QED) is 0.549. The molecule has 3 N–H and O–H groups in total. The molecule has 0 aliphatic carbocycles. The van der Waals surface area contributed by atoms with Crippen molar-refractivity contribution in [2.24, 2.45) is 0 Å². The van der Waals surface area contributed by atoms with Crippen LogP contribution < -0.4 is 16.0 Å². The lowest BCUT2D eigenvalue weighted by Crippen LogP contribution is -2.02. The second-order valence-corrected chi connectivity index (χ2v) is 2.49. The molecule has 0 bridgehead atoms. The smallest absolute Gasteiger partial charge is 0.146 e. The summed E-state index contributed by atoms with van der Waals surface area (Å²) < 4.78 is 5.10. The maximum atomic E-state index is 5.58. The van der Waals surface area contributed by atoms with Crippen LogP contribution in [0, 0.1) is 0 Å². The van der Waals surface area contributed by atoms with Gasteiger partial charge in [0, 0.05) is 11.8 Å². The molecule has 1 aromatic rings. The van der Waals surface area contributed by atoms with Crippen molar-refractivity contribution in [2.45, 2.75) is 6.92 Å². The van der Waals surface area contributed by atoms with Crippen molar-refractivity contribution < 1.29 is 9.57 Å². The number of ether oxygens (including phenoxy) is 1. The number of nitrogen functional groups attached to an aromatic ring is 1. The average molecular weight is 182 g/mol. The van der Waals surface area contributed by atoms with E-state index in [1.165, 1.54) is 0 Å². The lowest BCUT2D eigenvalue weighted by Gasteiger charge is -2.10. The Morgan fingerprint density at radius 1 is 1.46 bits per heavy atom. The van der Waals surface area contributed by atoms with Gasteiger partial charge in [-0.25, -0.2) is 0 Å². The summed E-state index contributed by atoms with van der Waals surface area (Å²) >= 11 is 0. The largest absolute Gasteiger partial charge is 0.494 e. The lowest BCUT2D eigenvalue weighted by atomic mass is 10.2. The molecule has 0 saturated heterocycles. The van der Waals surface area contributed by atoms with Gasteiger partial charge in [-0.3, -0.25) is 10.3 Å². The van der Waals surface area contributed by atoms with E-state index in [1.54, 1.807) is 19.2 Å². The molecule has 0 aliphatic heterocycles. The van der Waals surface area contributed by atoms with Gasteiger partial charge in [0.05, 0.1) is 13.7 Å². The van der Waals surface area contributed by atoms with Crippen LogP contribution >= 0.6 is 0 Å². The Morgan fingerprint density at radius 2 is 2.23 bits per heavy atom. The predicted molar refractivity (Wildman–Crippen MR) is 52.7 cm³/mol. The van der Waals surface area contributed by atoms with Crippen molar-refractivity contribution in [3.05, 3.63) is 18.2 Å². The van der Waals surface area contributed by atoms with E-state index >= 15 is 0 Å². The highest BCUT2D eigenvalue weighted by Crippen LogP contribution is 2.26. The molecule has 0 radical (unpaired) electrons. The summed E-state index contributed by atoms with van der Waals surface area (Å²) in [4.78, 5) is 5.03. The standard InChI is InChI=1S/C9H14N2O2/c1-3-13-11-8-5-4-7(10)6-9(8)12-2/h4-6,11H,3,10H2,1-2H3. The molecule has 0 amide bonds. The fraction of sp³-hybridized carbons (Fsp3) is 0.333. The Morgan fingerprint density at radius 3 is 2.85 bits per heavy atom. The maximum Gasteiger partial charge on any atom is 0.146 e. The van der Waals surface area contributed by atoms with Gasteiger partial charge >= 0.3 is 0 Å². The topological polar surface area (TPSA) is 56.5 Å². The number of nitrogens with one attached hydrogen (secondary N) is 1. The van der Waals surface area contributed by atoms with Gasteiger partial charge in [-0.1, -0.05) is 0 Å². The van der Waals surface area contributed by atoms with E-state index in [2.05, 4.69) is 5.48 Å². The van der Waals surface area contributed by atoms with Crippen LogP contribution in [0.1, 0.15) is 6.92 Å². The van der Waals surface area contributed by atoms with Crippen LogP contribution in [0.3, 0.4) is 0 Å². The van der Waals surface area contributed by atoms with Crippen molar-refractivity contribution in [1.82, 2.24) is 0 Å². The van der Waals surface area contributed by atoms with Crippen molar-refractivity contribution in [3.8, 4) is 5.75 Å². The molecule has 72 valence electrons. The zero-order chi connectivity index (χ0) is 9.68. The van der Waals surface area contributed by atoms with Gasteiger partial charge in [-0.2, -0.15) is 0 Å². The third-order valence-corrected chi connectivity index (χ3v) is 1.55. The predicted octanol–water partition coefficient (Wildman–Crippen LogP) is 1.64. The lowest BCUT2D eigenvalue weighted by molar-refractivity contribution is 0.209. The number of hydrogen-bond donors (Lipinski definition) is 2. The molecule has 1 rings (SSSR count). The summed E-state index contributed by atoms with van der Waals surface area (Å²) in [7, 11) is 1.59. The van der Waals surface area contributed by atoms with E-state index in [-0.39, 0.29) is 0 Å². The summed E-state index contributed by atoms with van der Waals surface area (Å²) in [6, 6.07) is 5.33. The Balaban J connectivity index is 2.79. The highest BCUT2D eigenvalue weighted by Gasteiger charge is 2.01. The van der Waals surface area contributed by atoms with Crippen LogP contribution in [-0.4, -0.2) is 13.7 Å². The summed E-state index contributed by atoms with van der Waals surface area (Å²) in [6.07, 6.45) is 0. The number of rotatable bonds is 4. The SMILES string of the molecule is CCONc1ccc(N)cc1OC. The molecule has 0 spiro atoms. The molecule has 4 heteroatoms. The second-order valence-electron chi connectivity index (χ2n) is 2.49. The minimum atomic E-state index is 0.591. The Labute approximate surface area is 77.6 Å². The van der Waals surface area contributed by atoms with Gasteiger partial charge in [-0.15, -0.1) is 0 Å². The van der Waals surface area contributed by atoms with Crippen molar-refractivity contribution >= 4 is 11.4 Å². The molecule has 0 saturated carbocycles. The zero-order valence-corrected chi connectivity index (χ0v) is 7.83. The zero-order valence-electron chi connectivity index (χ0n) is 7.83. The second kappa shape index (κ2) is 4.57. The van der Waals surface area contributed by atoms with Crippen molar-refractivity contribution in [2.75, 3.05) is 24.9 Å². The molecule has 0 heterocycles. The minimum Gasteiger partial charge on any atom is -0.494 e. The molecular formula is C9H14N2O2. The third-order valence-electron chi connectivity index (χ3n) is 1.55. The van der Waals surface area contributed by atoms with E-state index in [9.17, 15) is 0 Å². The van der Waals surface area contributed by atoms with Crippen LogP contribution in [-0.2, 0) is 4.84 Å². The number of anilines is 2. The van der Waals surface area contributed by atoms with E-state index in [1.807, 2.05) is 13.0 Å². The van der Waals surface area contributed by atoms with Crippen LogP contribution in [0.25, 0.3) is 0 Å². The number of benzene rings is 1. The fourth-order valence-corrected chi connectivity index (χ4v) is 0.942. The van der Waals surface area contributed by atoms with Crippen molar-refractivity contribution in [3.63, 3.8) is 0 Å². The summed E-state index contributed by atoms with van der Waals surface area (Å²) in [5.41, 5.74) is 9.79. The first-order valence-electron chi connectivity index (χ1n) is 4.09. The monoisotopic (exact) mass is 182 g/mol. The highest BCUT2D eigenvalue weighted by molar-refractivity contribution is 5.61. The normalized spacial score (nSPS) is 9.69. The van der Waals surface area contributed by atoms with Gasteiger partial charge in [-0.05, 0) is 19.1 Å². The van der Waals surface area contributed by atoms with Gasteiger partial charge in [0.2, 0.25) is 0 Å². The van der Waals surface area contributed by atoms with E-state index in [4.69, 9.17) is 15.3 Å². The van der Waals surface area contributed by atoms with E-state index in [0.29, 0.717) is 18.0 Å². The Kier molecular flexibility index (Phi) is 3.40. The van der Waals surface area contributed by atoms with Crippen LogP contribution in [0.2, 0.25) is 0 Å². The molecule has 0 aromatic heterocycles. The van der Waals surface area contributed by atoms with Crippen molar-refractivity contribution in [1.29, 1.82) is 0 Å². The number of hydrogen-bond acceptors (Lipinski definition) is 4. The fourth-order valence-electron chi connectivity index (χ4n) is 0.942. The summed E-state index contributed by atoms with van der Waals surface area (Å²) in [6.45, 7) is 2.49. The van der Waals surface area contributed by atoms with Gasteiger partial charge in [0.25, 0.3) is 0 Å². The molecular weight excluding hydrogens is 168 g/mol. The van der Waals surface area contributed by atoms with Gasteiger partial charge in [0.15, 0.2) is 0 Å². The maximum absolute atomic E-state index is 5.58. The first kappa shape index (κ1) is 9.67. The minimum absolute atomic E-state index is 0.591. The third kappa shape index (κ3) is 2.52. The number of nitrogens with two attached hydrogens (primary N) is 1. The number of methoxy groups -OCH3 is 1. The van der Waals surface area contributed by atoms with Gasteiger partial charge in [0.1, 0.15) is 11.4 Å². The Bertz CT molecular complexity index is 276. The molecule has 1 aromatic carbocycles. The first-order chi connectivity index (χ1) is 6.27. The van der Waals surface area contributed by atoms with E-state index < -0.39 is 0 Å². The molecule has 0 aliphatic rings. The summed E-state index contributed by atoms with van der Waals surface area (Å²) in [5.74, 6) is 0.674. The average Bonchev–Trinajstić information content (AvgIpc) is 2.16. The molecule has 13 heavy (non-hydrogen) atoms. The highest BCUT2D eigenvalue weighted by atomic mass is 16.6. The van der Waals surface area contributed by atoms with Crippen LogP contribution in [0.15, 0.2) is 18.2 Å².